The molecule has 3 N–H and O–H groups in total. The smallest absolute Gasteiger partial charge is 0.276 e. The van der Waals surface area contributed by atoms with Crippen LogP contribution in [0.25, 0.3) is 0 Å². The van der Waals surface area contributed by atoms with Gasteiger partial charge in [0.25, 0.3) is 11.8 Å². The Morgan fingerprint density at radius 2 is 1.77 bits per heavy atom. The fraction of sp³-hybridized carbons (Fsp3) is 0.286. The minimum absolute atomic E-state index is 0.00652. The zero-order valence-corrected chi connectivity index (χ0v) is 22.0. The zero-order valence-electron chi connectivity index (χ0n) is 17.5. The van der Waals surface area contributed by atoms with E-state index in [1.165, 1.54) is 0 Å². The number of carbonyl (C=O) groups is 2. The molecule has 0 spiro atoms. The van der Waals surface area contributed by atoms with Gasteiger partial charge in [-0.05, 0) is 92.0 Å². The van der Waals surface area contributed by atoms with E-state index in [-0.39, 0.29) is 17.1 Å². The van der Waals surface area contributed by atoms with Gasteiger partial charge in [-0.2, -0.15) is 0 Å². The number of nitrogens with one attached hydrogen (secondary N) is 3. The SMILES string of the molecule is COc1ccc(C(=O)NC(=S)NNC(=O)COc2ccc(C(C)(C)C)cc2Br)cc1I. The van der Waals surface area contributed by atoms with E-state index >= 15 is 0 Å². The van der Waals surface area contributed by atoms with Crippen LogP contribution in [0.5, 0.6) is 11.5 Å². The van der Waals surface area contributed by atoms with Gasteiger partial charge in [0.1, 0.15) is 11.5 Å². The molecule has 0 bridgehead atoms. The van der Waals surface area contributed by atoms with E-state index in [0.29, 0.717) is 17.1 Å². The van der Waals surface area contributed by atoms with Crippen molar-refractivity contribution in [3.63, 3.8) is 0 Å². The van der Waals surface area contributed by atoms with E-state index in [0.717, 1.165) is 13.6 Å². The second-order valence-electron chi connectivity index (χ2n) is 7.49. The minimum atomic E-state index is -0.456. The Labute approximate surface area is 208 Å². The summed E-state index contributed by atoms with van der Waals surface area (Å²) in [6, 6.07) is 10.7. The average Bonchev–Trinajstić information content (AvgIpc) is 2.70. The maximum absolute atomic E-state index is 12.3. The first-order chi connectivity index (χ1) is 14.5. The highest BCUT2D eigenvalue weighted by atomic mass is 127. The van der Waals surface area contributed by atoms with E-state index in [9.17, 15) is 9.59 Å². The van der Waals surface area contributed by atoms with Crippen molar-refractivity contribution in [1.82, 2.24) is 16.2 Å². The van der Waals surface area contributed by atoms with Gasteiger partial charge in [0, 0.05) is 5.56 Å². The quantitative estimate of drug-likeness (QED) is 0.266. The second-order valence-corrected chi connectivity index (χ2v) is 9.91. The minimum Gasteiger partial charge on any atom is -0.496 e. The third-order valence-electron chi connectivity index (χ3n) is 4.11. The Hall–Kier alpha value is -1.92. The Morgan fingerprint density at radius 3 is 2.35 bits per heavy atom. The molecule has 2 rings (SSSR count). The predicted octanol–water partition coefficient (Wildman–Crippen LogP) is 4.07. The number of rotatable bonds is 5. The van der Waals surface area contributed by atoms with Crippen molar-refractivity contribution in [3.05, 3.63) is 55.6 Å². The van der Waals surface area contributed by atoms with Gasteiger partial charge in [-0.25, -0.2) is 0 Å². The van der Waals surface area contributed by atoms with Crippen molar-refractivity contribution in [2.75, 3.05) is 13.7 Å². The number of hydrogen-bond acceptors (Lipinski definition) is 5. The fourth-order valence-corrected chi connectivity index (χ4v) is 3.78. The van der Waals surface area contributed by atoms with Gasteiger partial charge >= 0.3 is 0 Å². The maximum Gasteiger partial charge on any atom is 0.276 e. The Balaban J connectivity index is 1.81. The van der Waals surface area contributed by atoms with Crippen LogP contribution in [0.3, 0.4) is 0 Å². The summed E-state index contributed by atoms with van der Waals surface area (Å²) in [5.74, 6) is 0.353. The maximum atomic E-state index is 12.3. The molecule has 0 aliphatic carbocycles. The molecule has 0 aliphatic heterocycles. The summed E-state index contributed by atoms with van der Waals surface area (Å²) in [5, 5.41) is 2.45. The molecule has 0 unspecified atom stereocenters. The van der Waals surface area contributed by atoms with Gasteiger partial charge in [0.05, 0.1) is 15.2 Å². The number of methoxy groups -OCH3 is 1. The lowest BCUT2D eigenvalue weighted by atomic mass is 9.87. The summed E-state index contributed by atoms with van der Waals surface area (Å²) >= 11 is 10.6. The van der Waals surface area contributed by atoms with Gasteiger partial charge in [0.15, 0.2) is 11.7 Å². The summed E-state index contributed by atoms with van der Waals surface area (Å²) in [6.45, 7) is 6.12. The fourth-order valence-electron chi connectivity index (χ4n) is 2.40. The Bertz CT molecular complexity index is 995. The first-order valence-electron chi connectivity index (χ1n) is 9.18. The van der Waals surface area contributed by atoms with Crippen molar-refractivity contribution >= 4 is 67.7 Å². The van der Waals surface area contributed by atoms with Crippen molar-refractivity contribution in [3.8, 4) is 11.5 Å². The predicted molar refractivity (Wildman–Crippen MR) is 135 cm³/mol. The molecular weight excluding hydrogens is 597 g/mol. The molecule has 0 atom stereocenters. The van der Waals surface area contributed by atoms with Crippen LogP contribution in [0.2, 0.25) is 0 Å². The first kappa shape index (κ1) is 25.3. The van der Waals surface area contributed by atoms with Crippen LogP contribution < -0.4 is 25.6 Å². The topological polar surface area (TPSA) is 88.7 Å². The van der Waals surface area contributed by atoms with Crippen molar-refractivity contribution in [2.24, 2.45) is 0 Å². The lowest BCUT2D eigenvalue weighted by Gasteiger charge is -2.20. The molecule has 7 nitrogen and oxygen atoms in total. The summed E-state index contributed by atoms with van der Waals surface area (Å²) in [6.07, 6.45) is 0. The number of hydrazine groups is 1. The van der Waals surface area contributed by atoms with Crippen LogP contribution in [0.4, 0.5) is 0 Å². The normalized spacial score (nSPS) is 10.8. The highest BCUT2D eigenvalue weighted by Crippen LogP contribution is 2.31. The van der Waals surface area contributed by atoms with Crippen LogP contribution in [0.15, 0.2) is 40.9 Å². The number of hydrogen-bond donors (Lipinski definition) is 3. The molecule has 166 valence electrons. The molecule has 0 saturated carbocycles. The average molecular weight is 620 g/mol. The van der Waals surface area contributed by atoms with Gasteiger partial charge in [-0.1, -0.05) is 26.8 Å². The number of ether oxygens (including phenoxy) is 2. The van der Waals surface area contributed by atoms with Crippen LogP contribution in [-0.2, 0) is 10.2 Å². The molecule has 0 aliphatic rings. The molecule has 2 aromatic carbocycles. The van der Waals surface area contributed by atoms with Gasteiger partial charge in [0.2, 0.25) is 0 Å². The van der Waals surface area contributed by atoms with Crippen LogP contribution in [-0.4, -0.2) is 30.6 Å². The highest BCUT2D eigenvalue weighted by Gasteiger charge is 2.16. The highest BCUT2D eigenvalue weighted by molar-refractivity contribution is 14.1. The van der Waals surface area contributed by atoms with E-state index in [1.54, 1.807) is 25.3 Å². The number of amides is 2. The molecular formula is C21H23BrIN3O4S. The summed E-state index contributed by atoms with van der Waals surface area (Å²) < 4.78 is 12.3. The second kappa shape index (κ2) is 11.1. The first-order valence-corrected chi connectivity index (χ1v) is 11.5. The van der Waals surface area contributed by atoms with Crippen LogP contribution in [0, 0.1) is 3.57 Å². The molecule has 0 heterocycles. The number of benzene rings is 2. The molecule has 0 fully saturated rings. The van der Waals surface area contributed by atoms with Crippen molar-refractivity contribution in [2.45, 2.75) is 26.2 Å². The lowest BCUT2D eigenvalue weighted by molar-refractivity contribution is -0.123. The van der Waals surface area contributed by atoms with Crippen LogP contribution in [0.1, 0.15) is 36.7 Å². The summed E-state index contributed by atoms with van der Waals surface area (Å²) in [7, 11) is 1.56. The summed E-state index contributed by atoms with van der Waals surface area (Å²) in [5.41, 5.74) is 6.43. The third kappa shape index (κ3) is 7.62. The monoisotopic (exact) mass is 619 g/mol. The molecule has 2 aromatic rings. The third-order valence-corrected chi connectivity index (χ3v) is 5.78. The molecule has 0 aromatic heterocycles. The molecule has 0 saturated heterocycles. The molecule has 0 radical (unpaired) electrons. The zero-order chi connectivity index (χ0) is 23.2. The van der Waals surface area contributed by atoms with E-state index in [1.807, 2.05) is 18.2 Å². The standard InChI is InChI=1S/C21H23BrIN3O4S/c1-21(2,3)13-6-8-16(14(22)10-13)30-11-18(27)25-26-20(31)24-19(28)12-5-7-17(29-4)15(23)9-12/h5-10H,11H2,1-4H3,(H,25,27)(H2,24,26,28,31). The van der Waals surface area contributed by atoms with Gasteiger partial charge in [-0.3, -0.25) is 25.8 Å². The largest absolute Gasteiger partial charge is 0.496 e. The van der Waals surface area contributed by atoms with E-state index < -0.39 is 11.8 Å². The Morgan fingerprint density at radius 1 is 1.10 bits per heavy atom. The number of thiocarbonyl (C=S) groups is 1. The summed E-state index contributed by atoms with van der Waals surface area (Å²) in [4.78, 5) is 24.3. The van der Waals surface area contributed by atoms with Gasteiger partial charge < -0.3 is 9.47 Å². The lowest BCUT2D eigenvalue weighted by Crippen LogP contribution is -2.49. The number of carbonyl (C=O) groups excluding carboxylic acids is 2. The molecule has 31 heavy (non-hydrogen) atoms. The molecule has 10 heteroatoms. The molecule has 2 amide bonds. The van der Waals surface area contributed by atoms with Crippen molar-refractivity contribution < 1.29 is 19.1 Å². The van der Waals surface area contributed by atoms with Crippen LogP contribution >= 0.6 is 50.7 Å². The van der Waals surface area contributed by atoms with Crippen molar-refractivity contribution in [1.29, 1.82) is 0 Å². The van der Waals surface area contributed by atoms with E-state index in [2.05, 4.69) is 75.5 Å². The van der Waals surface area contributed by atoms with E-state index in [4.69, 9.17) is 21.7 Å². The number of halogens is 2. The Kier molecular flexibility index (Phi) is 9.07. The van der Waals surface area contributed by atoms with Gasteiger partial charge in [-0.15, -0.1) is 0 Å².